The molecule has 0 bridgehead atoms. The highest BCUT2D eigenvalue weighted by Gasteiger charge is 2.53. The number of benzene rings is 1. The fourth-order valence-corrected chi connectivity index (χ4v) is 5.70. The molecule has 1 saturated heterocycles. The zero-order chi connectivity index (χ0) is 19.4. The molecule has 0 aromatic heterocycles. The van der Waals surface area contributed by atoms with Gasteiger partial charge in [-0.25, -0.2) is 0 Å². The lowest BCUT2D eigenvalue weighted by molar-refractivity contribution is -0.168. The smallest absolute Gasteiger partial charge is 0.225 e. The molecule has 3 fully saturated rings. The van der Waals surface area contributed by atoms with Gasteiger partial charge in [0.05, 0.1) is 11.2 Å². The van der Waals surface area contributed by atoms with E-state index in [4.69, 9.17) is 4.74 Å². The summed E-state index contributed by atoms with van der Waals surface area (Å²) < 4.78 is 6.09. The van der Waals surface area contributed by atoms with Gasteiger partial charge in [-0.15, -0.1) is 0 Å². The number of rotatable bonds is 3. The summed E-state index contributed by atoms with van der Waals surface area (Å²) in [6.07, 6.45) is 5.50. The predicted octanol–water partition coefficient (Wildman–Crippen LogP) is 3.71. The second-order valence-corrected chi connectivity index (χ2v) is 9.87. The fraction of sp³-hybridized carbons (Fsp3) is 0.696. The van der Waals surface area contributed by atoms with Crippen molar-refractivity contribution in [3.63, 3.8) is 0 Å². The number of amides is 1. The van der Waals surface area contributed by atoms with Crippen LogP contribution in [-0.2, 0) is 15.1 Å². The van der Waals surface area contributed by atoms with Crippen molar-refractivity contribution in [1.29, 1.82) is 0 Å². The minimum absolute atomic E-state index is 0.0364. The van der Waals surface area contributed by atoms with Gasteiger partial charge < -0.3 is 14.7 Å². The molecule has 0 radical (unpaired) electrons. The predicted molar refractivity (Wildman–Crippen MR) is 105 cm³/mol. The summed E-state index contributed by atoms with van der Waals surface area (Å²) in [5.41, 5.74) is 3.36. The minimum Gasteiger partial charge on any atom is -0.390 e. The molecule has 0 atom stereocenters. The summed E-state index contributed by atoms with van der Waals surface area (Å²) in [7, 11) is 1.84. The van der Waals surface area contributed by atoms with Crippen LogP contribution in [0.5, 0.6) is 0 Å². The zero-order valence-electron chi connectivity index (χ0n) is 17.2. The van der Waals surface area contributed by atoms with Gasteiger partial charge in [-0.3, -0.25) is 4.79 Å². The molecule has 3 aliphatic rings. The third kappa shape index (κ3) is 3.31. The SMILES string of the molecule is COC1(c2cc(C)cc(C)c2)CCC2(CC1)CN(C(=O)C1CC(C)(O)C1)C2. The number of nitrogens with zero attached hydrogens (tertiary/aromatic N) is 1. The molecule has 4 rings (SSSR count). The lowest BCUT2D eigenvalue weighted by Gasteiger charge is -2.57. The average Bonchev–Trinajstić information content (AvgIpc) is 2.56. The number of carbonyl (C=O) groups is 1. The largest absolute Gasteiger partial charge is 0.390 e. The first-order chi connectivity index (χ1) is 12.7. The van der Waals surface area contributed by atoms with Crippen molar-refractivity contribution >= 4 is 5.91 Å². The quantitative estimate of drug-likeness (QED) is 0.881. The summed E-state index contributed by atoms with van der Waals surface area (Å²) in [5, 5.41) is 9.89. The highest BCUT2D eigenvalue weighted by molar-refractivity contribution is 5.81. The van der Waals surface area contributed by atoms with E-state index in [0.29, 0.717) is 12.8 Å². The van der Waals surface area contributed by atoms with Gasteiger partial charge in [-0.1, -0.05) is 29.3 Å². The molecule has 1 heterocycles. The fourth-order valence-electron chi connectivity index (χ4n) is 5.70. The Labute approximate surface area is 162 Å². The molecule has 1 N–H and O–H groups in total. The van der Waals surface area contributed by atoms with Gasteiger partial charge in [0, 0.05) is 31.5 Å². The number of aliphatic hydroxyl groups is 1. The van der Waals surface area contributed by atoms with Crippen molar-refractivity contribution in [2.24, 2.45) is 11.3 Å². The molecule has 1 amide bonds. The summed E-state index contributed by atoms with van der Waals surface area (Å²) >= 11 is 0. The highest BCUT2D eigenvalue weighted by Crippen LogP contribution is 2.52. The molecule has 148 valence electrons. The third-order valence-corrected chi connectivity index (χ3v) is 7.34. The van der Waals surface area contributed by atoms with E-state index in [-0.39, 0.29) is 22.8 Å². The van der Waals surface area contributed by atoms with Crippen LogP contribution in [0, 0.1) is 25.2 Å². The van der Waals surface area contributed by atoms with Crippen molar-refractivity contribution in [2.75, 3.05) is 20.2 Å². The van der Waals surface area contributed by atoms with Gasteiger partial charge in [0.2, 0.25) is 5.91 Å². The summed E-state index contributed by atoms with van der Waals surface area (Å²) in [6, 6.07) is 6.76. The Bertz CT molecular complexity index is 710. The maximum atomic E-state index is 12.6. The zero-order valence-corrected chi connectivity index (χ0v) is 17.2. The molecule has 1 aliphatic heterocycles. The number of methoxy groups -OCH3 is 1. The summed E-state index contributed by atoms with van der Waals surface area (Å²) in [4.78, 5) is 14.6. The van der Waals surface area contributed by atoms with E-state index in [1.165, 1.54) is 16.7 Å². The Balaban J connectivity index is 1.38. The number of aryl methyl sites for hydroxylation is 2. The Kier molecular flexibility index (Phi) is 4.43. The van der Waals surface area contributed by atoms with Crippen LogP contribution in [0.2, 0.25) is 0 Å². The molecule has 27 heavy (non-hydrogen) atoms. The van der Waals surface area contributed by atoms with E-state index in [9.17, 15) is 9.90 Å². The van der Waals surface area contributed by atoms with Crippen molar-refractivity contribution in [3.05, 3.63) is 34.9 Å². The van der Waals surface area contributed by atoms with Gasteiger partial charge in [-0.2, -0.15) is 0 Å². The van der Waals surface area contributed by atoms with E-state index in [2.05, 4.69) is 32.0 Å². The molecule has 4 heteroatoms. The number of hydrogen-bond donors (Lipinski definition) is 1. The summed E-state index contributed by atoms with van der Waals surface area (Å²) in [6.45, 7) is 7.90. The van der Waals surface area contributed by atoms with Crippen LogP contribution in [0.15, 0.2) is 18.2 Å². The Morgan fingerprint density at radius 3 is 2.11 bits per heavy atom. The Morgan fingerprint density at radius 2 is 1.63 bits per heavy atom. The number of hydrogen-bond acceptors (Lipinski definition) is 3. The van der Waals surface area contributed by atoms with Crippen LogP contribution >= 0.6 is 0 Å². The standard InChI is InChI=1S/C23H33NO3/c1-16-9-17(2)11-19(10-16)23(27-4)7-5-22(6-8-23)14-24(15-22)20(25)18-12-21(3,26)13-18/h9-11,18,26H,5-8,12-15H2,1-4H3. The molecular weight excluding hydrogens is 338 g/mol. The van der Waals surface area contributed by atoms with Crippen LogP contribution in [0.1, 0.15) is 62.1 Å². The first-order valence-electron chi connectivity index (χ1n) is 10.3. The van der Waals surface area contributed by atoms with Crippen LogP contribution in [0.4, 0.5) is 0 Å². The Hall–Kier alpha value is -1.39. The molecule has 4 nitrogen and oxygen atoms in total. The van der Waals surface area contributed by atoms with Gasteiger partial charge >= 0.3 is 0 Å². The Morgan fingerprint density at radius 1 is 1.07 bits per heavy atom. The number of ether oxygens (including phenoxy) is 1. The minimum atomic E-state index is -0.627. The van der Waals surface area contributed by atoms with Crippen molar-refractivity contribution < 1.29 is 14.6 Å². The molecule has 0 unspecified atom stereocenters. The van der Waals surface area contributed by atoms with E-state index >= 15 is 0 Å². The van der Waals surface area contributed by atoms with Crippen molar-refractivity contribution in [1.82, 2.24) is 4.90 Å². The highest BCUT2D eigenvalue weighted by atomic mass is 16.5. The van der Waals surface area contributed by atoms with Gasteiger partial charge in [-0.05, 0) is 64.9 Å². The monoisotopic (exact) mass is 371 g/mol. The average molecular weight is 372 g/mol. The molecule has 1 spiro atoms. The van der Waals surface area contributed by atoms with Crippen molar-refractivity contribution in [2.45, 2.75) is 70.5 Å². The number of carbonyl (C=O) groups excluding carboxylic acids is 1. The molecule has 1 aromatic rings. The maximum Gasteiger partial charge on any atom is 0.225 e. The van der Waals surface area contributed by atoms with Crippen molar-refractivity contribution in [3.8, 4) is 0 Å². The lowest BCUT2D eigenvalue weighted by Crippen LogP contribution is -2.63. The molecule has 2 saturated carbocycles. The maximum absolute atomic E-state index is 12.6. The molecule has 1 aromatic carbocycles. The normalized spacial score (nSPS) is 31.3. The van der Waals surface area contributed by atoms with E-state index in [0.717, 1.165) is 38.8 Å². The summed E-state index contributed by atoms with van der Waals surface area (Å²) in [5.74, 6) is 0.291. The second kappa shape index (κ2) is 6.31. The second-order valence-electron chi connectivity index (χ2n) is 9.87. The van der Waals surface area contributed by atoms with Crippen LogP contribution < -0.4 is 0 Å². The van der Waals surface area contributed by atoms with E-state index < -0.39 is 5.60 Å². The van der Waals surface area contributed by atoms with Crippen LogP contribution in [0.25, 0.3) is 0 Å². The van der Waals surface area contributed by atoms with Gasteiger partial charge in [0.15, 0.2) is 0 Å². The first-order valence-corrected chi connectivity index (χ1v) is 10.3. The van der Waals surface area contributed by atoms with E-state index in [1.54, 1.807) is 0 Å². The third-order valence-electron chi connectivity index (χ3n) is 7.34. The van der Waals surface area contributed by atoms with Gasteiger partial charge in [0.25, 0.3) is 0 Å². The first kappa shape index (κ1) is 18.9. The topological polar surface area (TPSA) is 49.8 Å². The van der Waals surface area contributed by atoms with E-state index in [1.807, 2.05) is 18.9 Å². The van der Waals surface area contributed by atoms with Crippen LogP contribution in [-0.4, -0.2) is 41.7 Å². The van der Waals surface area contributed by atoms with Crippen LogP contribution in [0.3, 0.4) is 0 Å². The number of likely N-dealkylation sites (tertiary alicyclic amines) is 1. The van der Waals surface area contributed by atoms with Gasteiger partial charge in [0.1, 0.15) is 0 Å². The molecular formula is C23H33NO3. The molecule has 2 aliphatic carbocycles. The lowest BCUT2D eigenvalue weighted by atomic mass is 9.62.